The van der Waals surface area contributed by atoms with Gasteiger partial charge in [0.25, 0.3) is 0 Å². The fraction of sp³-hybridized carbons (Fsp3) is 0.550. The molecule has 0 aromatic rings. The van der Waals surface area contributed by atoms with Gasteiger partial charge in [0.1, 0.15) is 0 Å². The maximum Gasteiger partial charge on any atom is 0.303 e. The molecule has 0 aliphatic carbocycles. The van der Waals surface area contributed by atoms with Gasteiger partial charge in [0.15, 0.2) is 0 Å². The van der Waals surface area contributed by atoms with Crippen molar-refractivity contribution in [2.24, 2.45) is 0 Å². The molecule has 0 aliphatic rings. The van der Waals surface area contributed by atoms with Gasteiger partial charge in [0, 0.05) is 6.42 Å². The summed E-state index contributed by atoms with van der Waals surface area (Å²) < 4.78 is 0. The second-order valence-electron chi connectivity index (χ2n) is 6.06. The summed E-state index contributed by atoms with van der Waals surface area (Å²) in [5.41, 5.74) is 0. The van der Waals surface area contributed by atoms with E-state index in [2.05, 4.69) is 0 Å². The van der Waals surface area contributed by atoms with Crippen LogP contribution in [0.1, 0.15) is 51.9 Å². The number of unbranched alkanes of at least 4 members (excludes halogenated alkanes) is 1. The molecule has 1 unspecified atom stereocenters. The van der Waals surface area contributed by atoms with Crippen molar-refractivity contribution < 1.29 is 25.2 Å². The quantitative estimate of drug-likeness (QED) is 0.219. The number of aliphatic hydroxyl groups excluding tert-OH is 3. The molecule has 0 saturated heterocycles. The molecule has 0 saturated carbocycles. The highest BCUT2D eigenvalue weighted by molar-refractivity contribution is 5.66. The Balaban J connectivity index is 3.82. The Hall–Kier alpha value is -1.69. The van der Waals surface area contributed by atoms with Crippen molar-refractivity contribution in [2.75, 3.05) is 0 Å². The van der Waals surface area contributed by atoms with Crippen LogP contribution in [0.4, 0.5) is 0 Å². The molecule has 0 heterocycles. The van der Waals surface area contributed by atoms with Crippen LogP contribution in [0.15, 0.2) is 48.6 Å². The number of aliphatic carboxylic acids is 1. The minimum atomic E-state index is -0.852. The summed E-state index contributed by atoms with van der Waals surface area (Å²) in [6, 6.07) is 0. The lowest BCUT2D eigenvalue weighted by molar-refractivity contribution is -0.137. The van der Waals surface area contributed by atoms with Crippen LogP contribution >= 0.6 is 0 Å². The average molecular weight is 352 g/mol. The first-order valence-corrected chi connectivity index (χ1v) is 8.84. The summed E-state index contributed by atoms with van der Waals surface area (Å²) in [5.74, 6) is -0.852. The minimum absolute atomic E-state index is 0.0658. The smallest absolute Gasteiger partial charge is 0.303 e. The Morgan fingerprint density at radius 1 is 0.880 bits per heavy atom. The molecular formula is C20H32O5. The Bertz CT molecular complexity index is 449. The van der Waals surface area contributed by atoms with Crippen LogP contribution in [0.3, 0.4) is 0 Å². The average Bonchev–Trinajstić information content (AvgIpc) is 2.53. The van der Waals surface area contributed by atoms with Gasteiger partial charge in [-0.1, -0.05) is 48.6 Å². The minimum Gasteiger partial charge on any atom is -0.481 e. The Morgan fingerprint density at radius 2 is 1.52 bits per heavy atom. The third-order valence-corrected chi connectivity index (χ3v) is 3.43. The molecule has 0 aliphatic heterocycles. The van der Waals surface area contributed by atoms with E-state index in [-0.39, 0.29) is 12.5 Å². The van der Waals surface area contributed by atoms with Crippen molar-refractivity contribution in [2.45, 2.75) is 70.2 Å². The monoisotopic (exact) mass is 352 g/mol. The number of hydrogen-bond acceptors (Lipinski definition) is 4. The third-order valence-electron chi connectivity index (χ3n) is 3.43. The van der Waals surface area contributed by atoms with Gasteiger partial charge in [0.05, 0.1) is 18.3 Å². The highest BCUT2D eigenvalue weighted by atomic mass is 16.4. The van der Waals surface area contributed by atoms with Gasteiger partial charge in [-0.3, -0.25) is 4.79 Å². The van der Waals surface area contributed by atoms with Gasteiger partial charge in [0.2, 0.25) is 0 Å². The standard InChI is InChI=1S/C20H32O5/c1-17(21)11-6-2-3-7-12-18(22)13-8-4-5-9-14-19(23)15-10-16-20(24)25/h3-5,7-9,13-14,17-19,21-23H,2,6,10-12,15-16H2,1H3,(H,24,25)/b5-4+,7-3-,13-8+,14-9-/t17?,18-,19-/m0/s1. The molecule has 0 amide bonds. The van der Waals surface area contributed by atoms with Gasteiger partial charge in [-0.2, -0.15) is 0 Å². The maximum absolute atomic E-state index is 10.4. The molecule has 0 rings (SSSR count). The number of carboxylic acids is 1. The third kappa shape index (κ3) is 18.5. The van der Waals surface area contributed by atoms with E-state index in [4.69, 9.17) is 10.2 Å². The fourth-order valence-corrected chi connectivity index (χ4v) is 2.03. The van der Waals surface area contributed by atoms with Crippen LogP contribution in [0.2, 0.25) is 0 Å². The fourth-order valence-electron chi connectivity index (χ4n) is 2.03. The van der Waals surface area contributed by atoms with E-state index in [1.165, 1.54) is 0 Å². The molecule has 0 fully saturated rings. The first kappa shape index (κ1) is 23.3. The predicted molar refractivity (Wildman–Crippen MR) is 100 cm³/mol. The lowest BCUT2D eigenvalue weighted by atomic mass is 10.1. The first-order chi connectivity index (χ1) is 11.9. The normalized spacial score (nSPS) is 16.3. The lowest BCUT2D eigenvalue weighted by Gasteiger charge is -2.02. The number of carbonyl (C=O) groups is 1. The van der Waals surface area contributed by atoms with E-state index in [9.17, 15) is 15.0 Å². The number of hydrogen-bond donors (Lipinski definition) is 4. The van der Waals surface area contributed by atoms with Crippen LogP contribution in [0, 0.1) is 0 Å². The van der Waals surface area contributed by atoms with Crippen molar-refractivity contribution in [3.05, 3.63) is 48.6 Å². The van der Waals surface area contributed by atoms with Crippen molar-refractivity contribution in [3.8, 4) is 0 Å². The molecule has 0 bridgehead atoms. The zero-order valence-corrected chi connectivity index (χ0v) is 15.0. The second-order valence-corrected chi connectivity index (χ2v) is 6.06. The van der Waals surface area contributed by atoms with E-state index in [0.29, 0.717) is 19.3 Å². The lowest BCUT2D eigenvalue weighted by Crippen LogP contribution is -2.03. The molecule has 25 heavy (non-hydrogen) atoms. The van der Waals surface area contributed by atoms with Gasteiger partial charge in [-0.15, -0.1) is 0 Å². The Morgan fingerprint density at radius 3 is 2.12 bits per heavy atom. The molecule has 3 atom stereocenters. The molecule has 4 N–H and O–H groups in total. The molecule has 5 heteroatoms. The van der Waals surface area contributed by atoms with E-state index >= 15 is 0 Å². The number of allylic oxidation sites excluding steroid dienone is 5. The zero-order valence-electron chi connectivity index (χ0n) is 15.0. The topological polar surface area (TPSA) is 98.0 Å². The molecule has 0 aromatic carbocycles. The molecule has 5 nitrogen and oxygen atoms in total. The number of aliphatic hydroxyl groups is 3. The molecule has 0 aromatic heterocycles. The van der Waals surface area contributed by atoms with Crippen LogP contribution in [0.25, 0.3) is 0 Å². The van der Waals surface area contributed by atoms with Crippen molar-refractivity contribution in [1.82, 2.24) is 0 Å². The van der Waals surface area contributed by atoms with Gasteiger partial charge in [-0.05, 0) is 45.4 Å². The highest BCUT2D eigenvalue weighted by Gasteiger charge is 2.01. The van der Waals surface area contributed by atoms with E-state index in [1.807, 2.05) is 12.2 Å². The van der Waals surface area contributed by atoms with Gasteiger partial charge in [-0.25, -0.2) is 0 Å². The van der Waals surface area contributed by atoms with E-state index in [1.54, 1.807) is 43.4 Å². The number of carboxylic acid groups (broad SMARTS) is 1. The molecule has 0 spiro atoms. The summed E-state index contributed by atoms with van der Waals surface area (Å²) in [6.07, 6.45) is 16.9. The summed E-state index contributed by atoms with van der Waals surface area (Å²) in [5, 5.41) is 37.0. The molecule has 142 valence electrons. The summed E-state index contributed by atoms with van der Waals surface area (Å²) in [7, 11) is 0. The Kier molecular flexibility index (Phi) is 14.7. The maximum atomic E-state index is 10.4. The van der Waals surface area contributed by atoms with Gasteiger partial charge < -0.3 is 20.4 Å². The van der Waals surface area contributed by atoms with Crippen LogP contribution in [-0.2, 0) is 4.79 Å². The summed E-state index contributed by atoms with van der Waals surface area (Å²) >= 11 is 0. The highest BCUT2D eigenvalue weighted by Crippen LogP contribution is 2.04. The van der Waals surface area contributed by atoms with Crippen molar-refractivity contribution in [1.29, 1.82) is 0 Å². The van der Waals surface area contributed by atoms with Gasteiger partial charge >= 0.3 is 5.97 Å². The van der Waals surface area contributed by atoms with E-state index in [0.717, 1.165) is 19.3 Å². The predicted octanol–water partition coefficient (Wildman–Crippen LogP) is 3.13. The zero-order chi connectivity index (χ0) is 18.9. The largest absolute Gasteiger partial charge is 0.481 e. The number of rotatable bonds is 14. The van der Waals surface area contributed by atoms with Crippen molar-refractivity contribution >= 4 is 5.97 Å². The molecular weight excluding hydrogens is 320 g/mol. The second kappa shape index (κ2) is 15.8. The first-order valence-electron chi connectivity index (χ1n) is 8.84. The van der Waals surface area contributed by atoms with Crippen LogP contribution in [0.5, 0.6) is 0 Å². The van der Waals surface area contributed by atoms with Crippen LogP contribution in [-0.4, -0.2) is 44.7 Å². The molecule has 0 radical (unpaired) electrons. The summed E-state index contributed by atoms with van der Waals surface area (Å²) in [4.78, 5) is 10.4. The van der Waals surface area contributed by atoms with Crippen LogP contribution < -0.4 is 0 Å². The van der Waals surface area contributed by atoms with Crippen molar-refractivity contribution in [3.63, 3.8) is 0 Å². The Labute approximate surface area is 150 Å². The SMILES string of the molecule is CC(O)CCC/C=C\C[C@H](O)/C=C/C=C/C=C\[C@H](O)CCCC(=O)O. The summed E-state index contributed by atoms with van der Waals surface area (Å²) in [6.45, 7) is 1.78. The van der Waals surface area contributed by atoms with E-state index < -0.39 is 18.2 Å².